The predicted octanol–water partition coefficient (Wildman–Crippen LogP) is 1.76. The quantitative estimate of drug-likeness (QED) is 0.413. The average Bonchev–Trinajstić information content (AvgIpc) is 2.51. The summed E-state index contributed by atoms with van der Waals surface area (Å²) in [5.74, 6) is 0. The zero-order valence-corrected chi connectivity index (χ0v) is 7.28. The van der Waals surface area contributed by atoms with Gasteiger partial charge in [0.1, 0.15) is 5.52 Å². The van der Waals surface area contributed by atoms with E-state index in [0.29, 0.717) is 15.9 Å². The fraction of sp³-hybridized carbons (Fsp3) is 0. The van der Waals surface area contributed by atoms with Gasteiger partial charge in [-0.15, -0.1) is 12.6 Å². The Morgan fingerprint density at radius 3 is 3.00 bits per heavy atom. The molecule has 2 aromatic rings. The minimum atomic E-state index is -0.458. The van der Waals surface area contributed by atoms with E-state index in [-0.39, 0.29) is 5.69 Å². The lowest BCUT2D eigenvalue weighted by Gasteiger charge is -1.94. The fourth-order valence-corrected chi connectivity index (χ4v) is 1.43. The maximum absolute atomic E-state index is 10.5. The topological polar surface area (TPSA) is 71.8 Å². The van der Waals surface area contributed by atoms with Gasteiger partial charge in [-0.1, -0.05) is 0 Å². The Bertz CT molecular complexity index is 480. The molecule has 0 aliphatic carbocycles. The molecule has 1 N–H and O–H groups in total. The third kappa shape index (κ3) is 1.25. The number of thiol groups is 1. The number of hydrogen-bond donors (Lipinski definition) is 2. The summed E-state index contributed by atoms with van der Waals surface area (Å²) in [4.78, 5) is 17.3. The first-order valence-electron chi connectivity index (χ1n) is 3.49. The van der Waals surface area contributed by atoms with Crippen LogP contribution in [0.1, 0.15) is 0 Å². The van der Waals surface area contributed by atoms with Gasteiger partial charge in [0.25, 0.3) is 5.69 Å². The highest BCUT2D eigenvalue weighted by Crippen LogP contribution is 2.24. The summed E-state index contributed by atoms with van der Waals surface area (Å²) in [6, 6.07) is 2.81. The van der Waals surface area contributed by atoms with Gasteiger partial charge in [0.2, 0.25) is 0 Å². The molecule has 5 nitrogen and oxygen atoms in total. The monoisotopic (exact) mass is 195 g/mol. The van der Waals surface area contributed by atoms with Gasteiger partial charge in [-0.25, -0.2) is 4.98 Å². The number of imidazole rings is 1. The number of H-pyrrole nitrogens is 1. The van der Waals surface area contributed by atoms with Crippen LogP contribution >= 0.6 is 12.6 Å². The average molecular weight is 195 g/mol. The SMILES string of the molecule is O=[N+]([O-])c1cc(S)c2nc[nH]c2c1. The Labute approximate surface area is 78.3 Å². The first kappa shape index (κ1) is 8.06. The smallest absolute Gasteiger partial charge is 0.272 e. The second kappa shape index (κ2) is 2.74. The summed E-state index contributed by atoms with van der Waals surface area (Å²) in [7, 11) is 0. The fourth-order valence-electron chi connectivity index (χ4n) is 1.12. The highest BCUT2D eigenvalue weighted by Gasteiger charge is 2.10. The number of non-ortho nitro benzene ring substituents is 1. The van der Waals surface area contributed by atoms with E-state index in [9.17, 15) is 10.1 Å². The van der Waals surface area contributed by atoms with E-state index in [4.69, 9.17) is 0 Å². The van der Waals surface area contributed by atoms with Crippen LogP contribution in [0.25, 0.3) is 11.0 Å². The van der Waals surface area contributed by atoms with E-state index < -0.39 is 4.92 Å². The summed E-state index contributed by atoms with van der Waals surface area (Å²) in [5, 5.41) is 10.5. The molecule has 0 radical (unpaired) electrons. The van der Waals surface area contributed by atoms with Crippen molar-refractivity contribution in [2.45, 2.75) is 4.90 Å². The molecule has 1 aromatic carbocycles. The standard InChI is InChI=1S/C7H5N3O2S/c11-10(12)4-1-5-7(6(13)2-4)9-3-8-5/h1-3,13H,(H,8,9). The molecule has 6 heteroatoms. The Kier molecular flexibility index (Phi) is 1.70. The molecule has 1 heterocycles. The highest BCUT2D eigenvalue weighted by atomic mass is 32.1. The largest absolute Gasteiger partial charge is 0.344 e. The molecule has 1 aromatic heterocycles. The van der Waals surface area contributed by atoms with Crippen molar-refractivity contribution in [2.75, 3.05) is 0 Å². The van der Waals surface area contributed by atoms with Gasteiger partial charge in [-0.3, -0.25) is 10.1 Å². The first-order chi connectivity index (χ1) is 6.18. The molecule has 2 rings (SSSR count). The molecule has 0 amide bonds. The van der Waals surface area contributed by atoms with E-state index in [1.807, 2.05) is 0 Å². The Hall–Kier alpha value is -1.56. The van der Waals surface area contributed by atoms with Gasteiger partial charge in [-0.05, 0) is 0 Å². The lowest BCUT2D eigenvalue weighted by molar-refractivity contribution is -0.384. The van der Waals surface area contributed by atoms with Crippen molar-refractivity contribution in [3.63, 3.8) is 0 Å². The van der Waals surface area contributed by atoms with Crippen molar-refractivity contribution < 1.29 is 4.92 Å². The molecule has 0 aliphatic heterocycles. The summed E-state index contributed by atoms with van der Waals surface area (Å²) in [6.45, 7) is 0. The van der Waals surface area contributed by atoms with E-state index in [0.717, 1.165) is 0 Å². The van der Waals surface area contributed by atoms with Gasteiger partial charge in [-0.2, -0.15) is 0 Å². The summed E-state index contributed by atoms with van der Waals surface area (Å²) in [5.41, 5.74) is 1.29. The van der Waals surface area contributed by atoms with Crippen LogP contribution in [0.4, 0.5) is 5.69 Å². The van der Waals surface area contributed by atoms with Crippen molar-refractivity contribution in [1.29, 1.82) is 0 Å². The third-order valence-corrected chi connectivity index (χ3v) is 2.04. The number of aromatic amines is 1. The zero-order valence-electron chi connectivity index (χ0n) is 6.39. The highest BCUT2D eigenvalue weighted by molar-refractivity contribution is 7.80. The van der Waals surface area contributed by atoms with Crippen LogP contribution in [-0.2, 0) is 0 Å². The van der Waals surface area contributed by atoms with Crippen molar-refractivity contribution in [1.82, 2.24) is 9.97 Å². The maximum atomic E-state index is 10.5. The van der Waals surface area contributed by atoms with E-state index in [1.54, 1.807) is 0 Å². The van der Waals surface area contributed by atoms with E-state index in [1.165, 1.54) is 18.5 Å². The number of nitrogens with one attached hydrogen (secondary N) is 1. The molecule has 66 valence electrons. The molecule has 0 saturated carbocycles. The number of nitrogens with zero attached hydrogens (tertiary/aromatic N) is 2. The Morgan fingerprint density at radius 1 is 1.54 bits per heavy atom. The number of nitro benzene ring substituents is 1. The van der Waals surface area contributed by atoms with Gasteiger partial charge < -0.3 is 4.98 Å². The lowest BCUT2D eigenvalue weighted by Crippen LogP contribution is -1.87. The van der Waals surface area contributed by atoms with Crippen LogP contribution in [0.2, 0.25) is 0 Å². The maximum Gasteiger partial charge on any atom is 0.272 e. The molecule has 0 unspecified atom stereocenters. The first-order valence-corrected chi connectivity index (χ1v) is 3.93. The zero-order chi connectivity index (χ0) is 9.42. The van der Waals surface area contributed by atoms with E-state index in [2.05, 4.69) is 22.6 Å². The van der Waals surface area contributed by atoms with Crippen LogP contribution in [0.3, 0.4) is 0 Å². The molecular weight excluding hydrogens is 190 g/mol. The second-order valence-electron chi connectivity index (χ2n) is 2.52. The summed E-state index contributed by atoms with van der Waals surface area (Å²) < 4.78 is 0. The van der Waals surface area contributed by atoms with Crippen molar-refractivity contribution >= 4 is 29.3 Å². The summed E-state index contributed by atoms with van der Waals surface area (Å²) >= 11 is 4.09. The van der Waals surface area contributed by atoms with Gasteiger partial charge in [0.05, 0.1) is 16.8 Å². The molecule has 0 spiro atoms. The minimum Gasteiger partial charge on any atom is -0.344 e. The number of fused-ring (bicyclic) bond motifs is 1. The molecule has 0 bridgehead atoms. The molecule has 0 saturated heterocycles. The van der Waals surface area contributed by atoms with Gasteiger partial charge in [0.15, 0.2) is 0 Å². The van der Waals surface area contributed by atoms with Crippen molar-refractivity contribution in [3.05, 3.63) is 28.6 Å². The molecule has 13 heavy (non-hydrogen) atoms. The van der Waals surface area contributed by atoms with Crippen LogP contribution in [-0.4, -0.2) is 14.9 Å². The van der Waals surface area contributed by atoms with E-state index >= 15 is 0 Å². The van der Waals surface area contributed by atoms with Crippen LogP contribution in [0.15, 0.2) is 23.4 Å². The Balaban J connectivity index is 2.77. The molecule has 0 fully saturated rings. The second-order valence-corrected chi connectivity index (χ2v) is 3.00. The van der Waals surface area contributed by atoms with Crippen molar-refractivity contribution in [2.24, 2.45) is 0 Å². The number of rotatable bonds is 1. The molecular formula is C7H5N3O2S. The summed E-state index contributed by atoms with van der Waals surface area (Å²) in [6.07, 6.45) is 1.48. The molecule has 0 aliphatic rings. The number of hydrogen-bond acceptors (Lipinski definition) is 4. The van der Waals surface area contributed by atoms with Gasteiger partial charge in [0, 0.05) is 17.0 Å². The Morgan fingerprint density at radius 2 is 2.31 bits per heavy atom. The van der Waals surface area contributed by atoms with Crippen LogP contribution in [0, 0.1) is 10.1 Å². The molecule has 0 atom stereocenters. The minimum absolute atomic E-state index is 0.0155. The normalized spacial score (nSPS) is 10.5. The van der Waals surface area contributed by atoms with Crippen LogP contribution in [0.5, 0.6) is 0 Å². The number of aromatic nitrogens is 2. The lowest BCUT2D eigenvalue weighted by atomic mass is 10.3. The number of benzene rings is 1. The third-order valence-electron chi connectivity index (χ3n) is 1.70. The van der Waals surface area contributed by atoms with Crippen molar-refractivity contribution in [3.8, 4) is 0 Å². The van der Waals surface area contributed by atoms with Crippen LogP contribution < -0.4 is 0 Å². The van der Waals surface area contributed by atoms with Gasteiger partial charge >= 0.3 is 0 Å². The predicted molar refractivity (Wildman–Crippen MR) is 50.0 cm³/mol. The number of nitro groups is 1.